The largest absolute Gasteiger partial charge is 0.465 e. The number of nitrogens with zero attached hydrogens (tertiary/aromatic N) is 1. The number of rotatable bonds is 4. The van der Waals surface area contributed by atoms with Crippen molar-refractivity contribution in [1.82, 2.24) is 10.3 Å². The maximum atomic E-state index is 12.3. The second-order valence-corrected chi connectivity index (χ2v) is 6.80. The van der Waals surface area contributed by atoms with Gasteiger partial charge in [0.25, 0.3) is 5.91 Å². The number of aromatic amines is 1. The molecule has 0 fully saturated rings. The standard InChI is InChI=1S/C19H22N4O2/c1-11(2)22-19(24)15-9-20-18-17(15)23-16(10-21-18)25-14-7-6-12-4-3-5-13(12)8-14/h6-11,16,20,23H,3-5H2,1-2H3,(H,22,24). The third-order valence-corrected chi connectivity index (χ3v) is 4.48. The highest BCUT2D eigenvalue weighted by Crippen LogP contribution is 2.32. The summed E-state index contributed by atoms with van der Waals surface area (Å²) in [6, 6.07) is 6.32. The van der Waals surface area contributed by atoms with Gasteiger partial charge in [-0.3, -0.25) is 4.79 Å². The molecule has 2 aliphatic rings. The first kappa shape index (κ1) is 15.7. The van der Waals surface area contributed by atoms with Crippen LogP contribution in [0.4, 0.5) is 11.5 Å². The molecule has 1 atom stereocenters. The van der Waals surface area contributed by atoms with Crippen molar-refractivity contribution in [3.05, 3.63) is 41.1 Å². The van der Waals surface area contributed by atoms with E-state index in [1.165, 1.54) is 17.5 Å². The molecule has 2 aromatic rings. The normalized spacial score (nSPS) is 17.8. The molecular weight excluding hydrogens is 316 g/mol. The summed E-state index contributed by atoms with van der Waals surface area (Å²) in [5, 5.41) is 6.15. The van der Waals surface area contributed by atoms with Crippen LogP contribution in [0.25, 0.3) is 0 Å². The van der Waals surface area contributed by atoms with Gasteiger partial charge in [-0.25, -0.2) is 4.99 Å². The van der Waals surface area contributed by atoms with Gasteiger partial charge in [-0.1, -0.05) is 6.07 Å². The van der Waals surface area contributed by atoms with Crippen LogP contribution in [0.15, 0.2) is 29.4 Å². The van der Waals surface area contributed by atoms with Crippen molar-refractivity contribution in [2.24, 2.45) is 4.99 Å². The van der Waals surface area contributed by atoms with Crippen LogP contribution in [0.2, 0.25) is 0 Å². The molecule has 6 heteroatoms. The molecule has 0 saturated heterocycles. The Bertz CT molecular complexity index is 838. The average molecular weight is 338 g/mol. The van der Waals surface area contributed by atoms with Crippen LogP contribution >= 0.6 is 0 Å². The molecule has 130 valence electrons. The number of H-pyrrole nitrogens is 1. The molecular formula is C19H22N4O2. The summed E-state index contributed by atoms with van der Waals surface area (Å²) < 4.78 is 6.02. The molecule has 1 aromatic heterocycles. The highest BCUT2D eigenvalue weighted by Gasteiger charge is 2.24. The Balaban J connectivity index is 1.51. The lowest BCUT2D eigenvalue weighted by atomic mass is 10.1. The third-order valence-electron chi connectivity index (χ3n) is 4.48. The van der Waals surface area contributed by atoms with Gasteiger partial charge in [0.15, 0.2) is 5.82 Å². The smallest absolute Gasteiger partial charge is 0.255 e. The van der Waals surface area contributed by atoms with E-state index in [0.717, 1.165) is 18.6 Å². The average Bonchev–Trinajstić information content (AvgIpc) is 3.19. The summed E-state index contributed by atoms with van der Waals surface area (Å²) in [5.41, 5.74) is 4.00. The number of hydrogen-bond donors (Lipinski definition) is 3. The van der Waals surface area contributed by atoms with E-state index in [0.29, 0.717) is 17.1 Å². The van der Waals surface area contributed by atoms with Crippen molar-refractivity contribution in [2.45, 2.75) is 45.4 Å². The van der Waals surface area contributed by atoms with Gasteiger partial charge in [0, 0.05) is 12.2 Å². The quantitative estimate of drug-likeness (QED) is 0.801. The predicted octanol–water partition coefficient (Wildman–Crippen LogP) is 3.17. The van der Waals surface area contributed by atoms with Crippen LogP contribution in [0.3, 0.4) is 0 Å². The lowest BCUT2D eigenvalue weighted by Crippen LogP contribution is -2.33. The fourth-order valence-electron chi connectivity index (χ4n) is 3.33. The second kappa shape index (κ2) is 6.27. The molecule has 1 aliphatic carbocycles. The summed E-state index contributed by atoms with van der Waals surface area (Å²) in [6.45, 7) is 3.87. The minimum absolute atomic E-state index is 0.0728. The molecule has 1 aromatic carbocycles. The van der Waals surface area contributed by atoms with E-state index >= 15 is 0 Å². The topological polar surface area (TPSA) is 78.5 Å². The first-order valence-electron chi connectivity index (χ1n) is 8.71. The van der Waals surface area contributed by atoms with Gasteiger partial charge in [-0.2, -0.15) is 0 Å². The Hall–Kier alpha value is -2.76. The van der Waals surface area contributed by atoms with Crippen LogP contribution < -0.4 is 15.4 Å². The number of amides is 1. The maximum absolute atomic E-state index is 12.3. The molecule has 4 rings (SSSR count). The Morgan fingerprint density at radius 3 is 3.00 bits per heavy atom. The molecule has 6 nitrogen and oxygen atoms in total. The third kappa shape index (κ3) is 3.12. The van der Waals surface area contributed by atoms with Crippen LogP contribution in [-0.2, 0) is 12.8 Å². The lowest BCUT2D eigenvalue weighted by molar-refractivity contribution is 0.0944. The minimum Gasteiger partial charge on any atom is -0.465 e. The van der Waals surface area contributed by atoms with Gasteiger partial charge in [0.2, 0.25) is 6.23 Å². The van der Waals surface area contributed by atoms with E-state index in [-0.39, 0.29) is 11.9 Å². The molecule has 0 spiro atoms. The number of aryl methyl sites for hydroxylation is 2. The summed E-state index contributed by atoms with van der Waals surface area (Å²) in [5.74, 6) is 1.33. The molecule has 0 bridgehead atoms. The SMILES string of the molecule is CC(C)NC(=O)c1c[nH]c2c1NC(Oc1ccc3c(c1)CCC3)C=N2. The number of carbonyl (C=O) groups excluding carboxylic acids is 1. The number of carbonyl (C=O) groups is 1. The summed E-state index contributed by atoms with van der Waals surface area (Å²) in [4.78, 5) is 19.7. The molecule has 1 unspecified atom stereocenters. The fourth-order valence-corrected chi connectivity index (χ4v) is 3.33. The van der Waals surface area contributed by atoms with Crippen molar-refractivity contribution < 1.29 is 9.53 Å². The van der Waals surface area contributed by atoms with Crippen LogP contribution in [-0.4, -0.2) is 29.4 Å². The first-order chi connectivity index (χ1) is 12.1. The zero-order valence-corrected chi connectivity index (χ0v) is 14.4. The van der Waals surface area contributed by atoms with E-state index in [1.54, 1.807) is 12.4 Å². The van der Waals surface area contributed by atoms with E-state index in [1.807, 2.05) is 19.9 Å². The summed E-state index contributed by atoms with van der Waals surface area (Å²) in [6.07, 6.45) is 6.44. The van der Waals surface area contributed by atoms with Crippen LogP contribution in [0.5, 0.6) is 5.75 Å². The van der Waals surface area contributed by atoms with E-state index in [2.05, 4.69) is 32.7 Å². The predicted molar refractivity (Wildman–Crippen MR) is 98.1 cm³/mol. The van der Waals surface area contributed by atoms with Crippen LogP contribution in [0.1, 0.15) is 41.8 Å². The van der Waals surface area contributed by atoms with Gasteiger partial charge >= 0.3 is 0 Å². The Morgan fingerprint density at radius 2 is 2.16 bits per heavy atom. The minimum atomic E-state index is -0.409. The van der Waals surface area contributed by atoms with Gasteiger partial charge in [-0.15, -0.1) is 0 Å². The number of aliphatic imine (C=N–C) groups is 1. The number of nitrogens with one attached hydrogen (secondary N) is 3. The Kier molecular flexibility index (Phi) is 3.95. The van der Waals surface area contributed by atoms with E-state index in [4.69, 9.17) is 4.74 Å². The van der Waals surface area contributed by atoms with Crippen molar-refractivity contribution in [3.63, 3.8) is 0 Å². The number of ether oxygens (including phenoxy) is 1. The number of benzene rings is 1. The second-order valence-electron chi connectivity index (χ2n) is 6.80. The van der Waals surface area contributed by atoms with E-state index in [9.17, 15) is 4.79 Å². The highest BCUT2D eigenvalue weighted by molar-refractivity contribution is 6.03. The van der Waals surface area contributed by atoms with Crippen LogP contribution in [0, 0.1) is 0 Å². The summed E-state index contributed by atoms with van der Waals surface area (Å²) >= 11 is 0. The van der Waals surface area contributed by atoms with E-state index < -0.39 is 6.23 Å². The zero-order valence-electron chi connectivity index (χ0n) is 14.4. The lowest BCUT2D eigenvalue weighted by Gasteiger charge is -2.22. The van der Waals surface area contributed by atoms with Gasteiger partial charge in [0.1, 0.15) is 5.75 Å². The molecule has 25 heavy (non-hydrogen) atoms. The number of fused-ring (bicyclic) bond motifs is 2. The number of anilines is 1. The Morgan fingerprint density at radius 1 is 1.32 bits per heavy atom. The monoisotopic (exact) mass is 338 g/mol. The van der Waals surface area contributed by atoms with Crippen molar-refractivity contribution >= 4 is 23.6 Å². The molecule has 0 radical (unpaired) electrons. The highest BCUT2D eigenvalue weighted by atomic mass is 16.5. The molecule has 1 aliphatic heterocycles. The molecule has 3 N–H and O–H groups in total. The summed E-state index contributed by atoms with van der Waals surface area (Å²) in [7, 11) is 0. The van der Waals surface area contributed by atoms with Crippen molar-refractivity contribution in [2.75, 3.05) is 5.32 Å². The van der Waals surface area contributed by atoms with Crippen molar-refractivity contribution in [1.29, 1.82) is 0 Å². The zero-order chi connectivity index (χ0) is 17.4. The fraction of sp³-hybridized carbons (Fsp3) is 0.368. The first-order valence-corrected chi connectivity index (χ1v) is 8.71. The van der Waals surface area contributed by atoms with Gasteiger partial charge in [-0.05, 0) is 56.4 Å². The van der Waals surface area contributed by atoms with Gasteiger partial charge < -0.3 is 20.4 Å². The molecule has 1 amide bonds. The van der Waals surface area contributed by atoms with Crippen molar-refractivity contribution in [3.8, 4) is 5.75 Å². The van der Waals surface area contributed by atoms with Gasteiger partial charge in [0.05, 0.1) is 17.5 Å². The molecule has 0 saturated carbocycles. The number of aromatic nitrogens is 1. The maximum Gasteiger partial charge on any atom is 0.255 e. The molecule has 2 heterocycles. The Labute approximate surface area is 146 Å². The number of hydrogen-bond acceptors (Lipinski definition) is 4.